The Balaban J connectivity index is 2.10. The summed E-state index contributed by atoms with van der Waals surface area (Å²) in [6, 6.07) is 9.47. The molecule has 182 valence electrons. The number of ether oxygens (including phenoxy) is 3. The van der Waals surface area contributed by atoms with E-state index in [-0.39, 0.29) is 18.4 Å². The van der Waals surface area contributed by atoms with Crippen LogP contribution in [0.2, 0.25) is 0 Å². The molecule has 8 heteroatoms. The van der Waals surface area contributed by atoms with Crippen molar-refractivity contribution in [2.75, 3.05) is 47.1 Å². The number of nitrogens with zero attached hydrogens (tertiary/aromatic N) is 2. The topological polar surface area (TPSA) is 81.5 Å². The standard InChI is InChI=1S/C25H36N2O6/c1-6-32-15-7-13-26(20(3)28)18-25(29)27(17-22-10-8-19(2)33-22)14-12-21-9-11-23(30-4)24(16-21)31-5/h8-11,16H,6-7,12-15,17-18H2,1-5H3. The fourth-order valence-corrected chi connectivity index (χ4v) is 3.46. The summed E-state index contributed by atoms with van der Waals surface area (Å²) in [6.45, 7) is 7.78. The van der Waals surface area contributed by atoms with Gasteiger partial charge in [-0.15, -0.1) is 0 Å². The molecule has 0 aliphatic rings. The van der Waals surface area contributed by atoms with E-state index in [1.54, 1.807) is 24.0 Å². The van der Waals surface area contributed by atoms with Crippen molar-refractivity contribution < 1.29 is 28.2 Å². The second-order valence-corrected chi connectivity index (χ2v) is 7.76. The fraction of sp³-hybridized carbons (Fsp3) is 0.520. The highest BCUT2D eigenvalue weighted by Crippen LogP contribution is 2.27. The monoisotopic (exact) mass is 460 g/mol. The van der Waals surface area contributed by atoms with Crippen molar-refractivity contribution in [3.8, 4) is 11.5 Å². The third-order valence-electron chi connectivity index (χ3n) is 5.31. The van der Waals surface area contributed by atoms with E-state index in [0.717, 1.165) is 11.3 Å². The van der Waals surface area contributed by atoms with E-state index in [9.17, 15) is 9.59 Å². The van der Waals surface area contributed by atoms with E-state index in [1.807, 2.05) is 44.2 Å². The summed E-state index contributed by atoms with van der Waals surface area (Å²) < 4.78 is 21.7. The van der Waals surface area contributed by atoms with Crippen LogP contribution in [0.25, 0.3) is 0 Å². The minimum Gasteiger partial charge on any atom is -0.493 e. The summed E-state index contributed by atoms with van der Waals surface area (Å²) in [4.78, 5) is 28.6. The third-order valence-corrected chi connectivity index (χ3v) is 5.31. The van der Waals surface area contributed by atoms with Gasteiger partial charge in [0.05, 0.1) is 27.3 Å². The lowest BCUT2D eigenvalue weighted by Crippen LogP contribution is -2.43. The number of amides is 2. The summed E-state index contributed by atoms with van der Waals surface area (Å²) >= 11 is 0. The summed E-state index contributed by atoms with van der Waals surface area (Å²) in [6.07, 6.45) is 1.31. The molecule has 0 saturated carbocycles. The zero-order valence-electron chi connectivity index (χ0n) is 20.4. The van der Waals surface area contributed by atoms with Gasteiger partial charge in [-0.2, -0.15) is 0 Å². The highest BCUT2D eigenvalue weighted by molar-refractivity contribution is 5.83. The Morgan fingerprint density at radius 3 is 2.36 bits per heavy atom. The van der Waals surface area contributed by atoms with Gasteiger partial charge in [-0.3, -0.25) is 9.59 Å². The molecule has 2 amide bonds. The van der Waals surface area contributed by atoms with Crippen LogP contribution in [-0.2, 0) is 27.3 Å². The van der Waals surface area contributed by atoms with Gasteiger partial charge < -0.3 is 28.4 Å². The van der Waals surface area contributed by atoms with Gasteiger partial charge in [-0.1, -0.05) is 6.07 Å². The van der Waals surface area contributed by atoms with Gasteiger partial charge in [0.1, 0.15) is 11.5 Å². The molecule has 0 bridgehead atoms. The second-order valence-electron chi connectivity index (χ2n) is 7.76. The molecule has 0 spiro atoms. The predicted molar refractivity (Wildman–Crippen MR) is 125 cm³/mol. The number of methoxy groups -OCH3 is 2. The van der Waals surface area contributed by atoms with Crippen molar-refractivity contribution in [3.63, 3.8) is 0 Å². The van der Waals surface area contributed by atoms with Crippen LogP contribution in [0.5, 0.6) is 11.5 Å². The summed E-state index contributed by atoms with van der Waals surface area (Å²) in [7, 11) is 3.19. The quantitative estimate of drug-likeness (QED) is 0.402. The van der Waals surface area contributed by atoms with Gasteiger partial charge in [0, 0.05) is 33.2 Å². The Bertz CT molecular complexity index is 895. The zero-order chi connectivity index (χ0) is 24.2. The van der Waals surface area contributed by atoms with Crippen molar-refractivity contribution in [1.82, 2.24) is 9.80 Å². The maximum Gasteiger partial charge on any atom is 0.242 e. The molecule has 33 heavy (non-hydrogen) atoms. The molecule has 1 aromatic heterocycles. The van der Waals surface area contributed by atoms with Crippen molar-refractivity contribution >= 4 is 11.8 Å². The maximum atomic E-state index is 13.2. The van der Waals surface area contributed by atoms with Gasteiger partial charge in [0.15, 0.2) is 11.5 Å². The maximum absolute atomic E-state index is 13.2. The molecule has 2 aromatic rings. The SMILES string of the molecule is CCOCCCN(CC(=O)N(CCc1ccc(OC)c(OC)c1)Cc1ccc(C)o1)C(C)=O. The van der Waals surface area contributed by atoms with Gasteiger partial charge >= 0.3 is 0 Å². The molecule has 0 unspecified atom stereocenters. The first-order valence-electron chi connectivity index (χ1n) is 11.2. The Labute approximate surface area is 196 Å². The molecule has 8 nitrogen and oxygen atoms in total. The number of carbonyl (C=O) groups excluding carboxylic acids is 2. The van der Waals surface area contributed by atoms with Crippen LogP contribution in [0.15, 0.2) is 34.7 Å². The minimum absolute atomic E-state index is 0.0209. The fourth-order valence-electron chi connectivity index (χ4n) is 3.46. The molecular weight excluding hydrogens is 424 g/mol. The number of furan rings is 1. The molecule has 0 aliphatic carbocycles. The van der Waals surface area contributed by atoms with Crippen LogP contribution in [0.3, 0.4) is 0 Å². The number of aryl methyl sites for hydroxylation is 1. The van der Waals surface area contributed by atoms with Gasteiger partial charge in [0.25, 0.3) is 0 Å². The van der Waals surface area contributed by atoms with Gasteiger partial charge in [-0.05, 0) is 56.5 Å². The van der Waals surface area contributed by atoms with E-state index >= 15 is 0 Å². The first-order chi connectivity index (χ1) is 15.9. The first-order valence-corrected chi connectivity index (χ1v) is 11.2. The largest absolute Gasteiger partial charge is 0.493 e. The van der Waals surface area contributed by atoms with Gasteiger partial charge in [-0.25, -0.2) is 0 Å². The highest BCUT2D eigenvalue weighted by Gasteiger charge is 2.21. The van der Waals surface area contributed by atoms with E-state index in [0.29, 0.717) is 62.9 Å². The van der Waals surface area contributed by atoms with Crippen LogP contribution in [0, 0.1) is 6.92 Å². The molecule has 0 saturated heterocycles. The Hall–Kier alpha value is -3.00. The Morgan fingerprint density at radius 2 is 1.76 bits per heavy atom. The van der Waals surface area contributed by atoms with E-state index in [1.165, 1.54) is 6.92 Å². The lowest BCUT2D eigenvalue weighted by atomic mass is 10.1. The molecule has 2 rings (SSSR count). The zero-order valence-corrected chi connectivity index (χ0v) is 20.4. The molecular formula is C25H36N2O6. The molecule has 1 aromatic carbocycles. The van der Waals surface area contributed by atoms with E-state index in [2.05, 4.69) is 0 Å². The van der Waals surface area contributed by atoms with Crippen molar-refractivity contribution in [3.05, 3.63) is 47.4 Å². The van der Waals surface area contributed by atoms with Crippen molar-refractivity contribution in [1.29, 1.82) is 0 Å². The number of benzene rings is 1. The molecule has 1 heterocycles. The molecule has 0 aliphatic heterocycles. The molecule has 0 fully saturated rings. The average molecular weight is 461 g/mol. The van der Waals surface area contributed by atoms with Crippen molar-refractivity contribution in [2.24, 2.45) is 0 Å². The van der Waals surface area contributed by atoms with E-state index in [4.69, 9.17) is 18.6 Å². The minimum atomic E-state index is -0.131. The number of carbonyl (C=O) groups is 2. The lowest BCUT2D eigenvalue weighted by Gasteiger charge is -2.27. The van der Waals surface area contributed by atoms with Crippen LogP contribution >= 0.6 is 0 Å². The summed E-state index contributed by atoms with van der Waals surface area (Å²) in [5, 5.41) is 0. The second kappa shape index (κ2) is 13.5. The third kappa shape index (κ3) is 8.46. The average Bonchev–Trinajstić information content (AvgIpc) is 3.22. The number of hydrogen-bond donors (Lipinski definition) is 0. The Morgan fingerprint density at radius 1 is 1.00 bits per heavy atom. The smallest absolute Gasteiger partial charge is 0.242 e. The lowest BCUT2D eigenvalue weighted by molar-refractivity contribution is -0.140. The predicted octanol–water partition coefficient (Wildman–Crippen LogP) is 3.45. The summed E-state index contributed by atoms with van der Waals surface area (Å²) in [5.41, 5.74) is 1.02. The highest BCUT2D eigenvalue weighted by atomic mass is 16.5. The van der Waals surface area contributed by atoms with Gasteiger partial charge in [0.2, 0.25) is 11.8 Å². The van der Waals surface area contributed by atoms with Crippen LogP contribution in [0.4, 0.5) is 0 Å². The van der Waals surface area contributed by atoms with Crippen LogP contribution in [0.1, 0.15) is 37.4 Å². The Kier molecular flexibility index (Phi) is 10.8. The number of hydrogen-bond acceptors (Lipinski definition) is 6. The van der Waals surface area contributed by atoms with Crippen LogP contribution < -0.4 is 9.47 Å². The summed E-state index contributed by atoms with van der Waals surface area (Å²) in [5.74, 6) is 2.54. The normalized spacial score (nSPS) is 10.7. The molecule has 0 radical (unpaired) electrons. The number of rotatable bonds is 14. The van der Waals surface area contributed by atoms with Crippen molar-refractivity contribution in [2.45, 2.75) is 40.2 Å². The molecule has 0 atom stereocenters. The van der Waals surface area contributed by atoms with E-state index < -0.39 is 0 Å². The molecule has 0 N–H and O–H groups in total. The van der Waals surface area contributed by atoms with Crippen LogP contribution in [-0.4, -0.2) is 68.7 Å². The first kappa shape index (κ1) is 26.3.